The van der Waals surface area contributed by atoms with Crippen LogP contribution >= 0.6 is 0 Å². The Labute approximate surface area is 191 Å². The zero-order valence-corrected chi connectivity index (χ0v) is 18.6. The molecular weight excluding hydrogens is 417 g/mol. The minimum Gasteiger partial charge on any atom is -0.353 e. The molecule has 3 heterocycles. The molecule has 1 saturated heterocycles. The predicted octanol–water partition coefficient (Wildman–Crippen LogP) is 4.41. The number of nitrogens with zero attached hydrogens (tertiary/aromatic N) is 5. The number of hydrogen-bond acceptors (Lipinski definition) is 5. The number of carbonyl (C=O) groups is 1. The molecule has 2 aromatic heterocycles. The molecule has 7 heteroatoms. The van der Waals surface area contributed by atoms with Crippen molar-refractivity contribution in [2.24, 2.45) is 0 Å². The molecule has 0 atom stereocenters. The predicted molar refractivity (Wildman–Crippen MR) is 127 cm³/mol. The number of pyridine rings is 1. The Bertz CT molecular complexity index is 1330. The Morgan fingerprint density at radius 3 is 2.39 bits per heavy atom. The van der Waals surface area contributed by atoms with Gasteiger partial charge in [-0.05, 0) is 38.1 Å². The third-order valence-electron chi connectivity index (χ3n) is 5.91. The minimum atomic E-state index is -0.375. The quantitative estimate of drug-likeness (QED) is 0.471. The van der Waals surface area contributed by atoms with Crippen molar-refractivity contribution in [3.05, 3.63) is 83.6 Å². The summed E-state index contributed by atoms with van der Waals surface area (Å²) in [7, 11) is 0. The van der Waals surface area contributed by atoms with Gasteiger partial charge in [-0.1, -0.05) is 30.3 Å². The average Bonchev–Trinajstić information content (AvgIpc) is 2.83. The largest absolute Gasteiger partial charge is 0.353 e. The van der Waals surface area contributed by atoms with E-state index in [1.807, 2.05) is 55.1 Å². The van der Waals surface area contributed by atoms with Crippen LogP contribution in [0.15, 0.2) is 60.7 Å². The lowest BCUT2D eigenvalue weighted by atomic mass is 10.1. The molecule has 1 aliphatic heterocycles. The second-order valence-corrected chi connectivity index (χ2v) is 8.28. The summed E-state index contributed by atoms with van der Waals surface area (Å²) in [5.74, 6) is 1.10. The number of halogens is 1. The van der Waals surface area contributed by atoms with E-state index in [0.717, 1.165) is 22.8 Å². The Balaban J connectivity index is 1.36. The van der Waals surface area contributed by atoms with E-state index in [4.69, 9.17) is 0 Å². The second-order valence-electron chi connectivity index (χ2n) is 8.28. The van der Waals surface area contributed by atoms with Crippen LogP contribution in [0.3, 0.4) is 0 Å². The first-order chi connectivity index (χ1) is 16.0. The summed E-state index contributed by atoms with van der Waals surface area (Å²) in [5, 5.41) is 0.548. The Morgan fingerprint density at radius 1 is 0.879 bits per heavy atom. The van der Waals surface area contributed by atoms with Crippen molar-refractivity contribution in [3.8, 4) is 11.3 Å². The van der Waals surface area contributed by atoms with Crippen molar-refractivity contribution >= 4 is 22.6 Å². The molecule has 166 valence electrons. The molecule has 33 heavy (non-hydrogen) atoms. The number of aromatic nitrogens is 3. The molecule has 0 radical (unpaired) electrons. The summed E-state index contributed by atoms with van der Waals surface area (Å²) >= 11 is 0. The lowest BCUT2D eigenvalue weighted by Gasteiger charge is -2.35. The number of amides is 1. The number of fused-ring (bicyclic) bond motifs is 1. The van der Waals surface area contributed by atoms with Crippen LogP contribution in [0, 0.1) is 19.7 Å². The number of aryl methyl sites for hydroxylation is 2. The molecule has 4 aromatic rings. The third-order valence-corrected chi connectivity index (χ3v) is 5.91. The lowest BCUT2D eigenvalue weighted by molar-refractivity contribution is 0.0748. The molecule has 1 fully saturated rings. The second kappa shape index (κ2) is 8.58. The van der Waals surface area contributed by atoms with Gasteiger partial charge in [-0.3, -0.25) is 9.78 Å². The topological polar surface area (TPSA) is 62.2 Å². The molecule has 6 nitrogen and oxygen atoms in total. The van der Waals surface area contributed by atoms with Gasteiger partial charge in [0, 0.05) is 48.9 Å². The van der Waals surface area contributed by atoms with Crippen molar-refractivity contribution in [1.29, 1.82) is 0 Å². The molecule has 0 aliphatic carbocycles. The van der Waals surface area contributed by atoms with Gasteiger partial charge in [0.25, 0.3) is 5.91 Å². The summed E-state index contributed by atoms with van der Waals surface area (Å²) < 4.78 is 13.9. The van der Waals surface area contributed by atoms with Crippen LogP contribution in [0.2, 0.25) is 0 Å². The van der Waals surface area contributed by atoms with E-state index in [0.29, 0.717) is 48.5 Å². The summed E-state index contributed by atoms with van der Waals surface area (Å²) in [6.07, 6.45) is 0. The van der Waals surface area contributed by atoms with E-state index >= 15 is 0 Å². The first kappa shape index (κ1) is 21.0. The molecule has 1 amide bonds. The highest BCUT2D eigenvalue weighted by atomic mass is 19.1. The fourth-order valence-corrected chi connectivity index (χ4v) is 4.29. The van der Waals surface area contributed by atoms with E-state index in [1.54, 1.807) is 12.1 Å². The number of rotatable bonds is 3. The zero-order chi connectivity index (χ0) is 22.9. The van der Waals surface area contributed by atoms with Crippen LogP contribution in [0.5, 0.6) is 0 Å². The summed E-state index contributed by atoms with van der Waals surface area (Å²) in [4.78, 5) is 31.0. The molecule has 1 aliphatic rings. The summed E-state index contributed by atoms with van der Waals surface area (Å²) in [6.45, 7) is 6.17. The van der Waals surface area contributed by atoms with Crippen LogP contribution < -0.4 is 4.90 Å². The maximum absolute atomic E-state index is 13.9. The SMILES string of the molecule is Cc1cc(C(=O)N2CCN(c3cc(-c4ccccc4)nc(C)n3)CC2)c2cc(F)ccc2n1. The van der Waals surface area contributed by atoms with Crippen molar-refractivity contribution in [1.82, 2.24) is 19.9 Å². The number of carbonyl (C=O) groups excluding carboxylic acids is 1. The Kier molecular flexibility index (Phi) is 5.46. The maximum Gasteiger partial charge on any atom is 0.254 e. The van der Waals surface area contributed by atoms with Gasteiger partial charge in [0.15, 0.2) is 0 Å². The number of piperazine rings is 1. The van der Waals surface area contributed by atoms with Crippen molar-refractivity contribution in [2.45, 2.75) is 13.8 Å². The third kappa shape index (κ3) is 4.26. The molecule has 0 bridgehead atoms. The van der Waals surface area contributed by atoms with E-state index in [2.05, 4.69) is 19.9 Å². The molecule has 0 unspecified atom stereocenters. The number of anilines is 1. The molecule has 0 N–H and O–H groups in total. The molecule has 5 rings (SSSR count). The van der Waals surface area contributed by atoms with Gasteiger partial charge in [-0.15, -0.1) is 0 Å². The van der Waals surface area contributed by atoms with Gasteiger partial charge in [-0.2, -0.15) is 0 Å². The van der Waals surface area contributed by atoms with E-state index < -0.39 is 0 Å². The molecular formula is C26H24FN5O. The van der Waals surface area contributed by atoms with Gasteiger partial charge < -0.3 is 9.80 Å². The fraction of sp³-hybridized carbons (Fsp3) is 0.231. The first-order valence-electron chi connectivity index (χ1n) is 11.0. The molecule has 0 spiro atoms. The Hall–Kier alpha value is -3.87. The van der Waals surface area contributed by atoms with Gasteiger partial charge in [-0.25, -0.2) is 14.4 Å². The Morgan fingerprint density at radius 2 is 1.64 bits per heavy atom. The van der Waals surface area contributed by atoms with Crippen LogP contribution in [0.25, 0.3) is 22.2 Å². The lowest BCUT2D eigenvalue weighted by Crippen LogP contribution is -2.49. The van der Waals surface area contributed by atoms with Crippen LogP contribution in [-0.2, 0) is 0 Å². The van der Waals surface area contributed by atoms with Gasteiger partial charge >= 0.3 is 0 Å². The fourth-order valence-electron chi connectivity index (χ4n) is 4.29. The smallest absolute Gasteiger partial charge is 0.254 e. The molecule has 0 saturated carbocycles. The normalized spacial score (nSPS) is 14.0. The highest BCUT2D eigenvalue weighted by Gasteiger charge is 2.25. The van der Waals surface area contributed by atoms with E-state index in [1.165, 1.54) is 12.1 Å². The minimum absolute atomic E-state index is 0.0976. The summed E-state index contributed by atoms with van der Waals surface area (Å²) in [5.41, 5.74) is 3.79. The monoisotopic (exact) mass is 441 g/mol. The van der Waals surface area contributed by atoms with Gasteiger partial charge in [0.1, 0.15) is 17.5 Å². The van der Waals surface area contributed by atoms with Crippen molar-refractivity contribution in [3.63, 3.8) is 0 Å². The van der Waals surface area contributed by atoms with E-state index in [9.17, 15) is 9.18 Å². The van der Waals surface area contributed by atoms with Crippen LogP contribution in [-0.4, -0.2) is 51.9 Å². The first-order valence-corrected chi connectivity index (χ1v) is 11.0. The highest BCUT2D eigenvalue weighted by molar-refractivity contribution is 6.06. The molecule has 2 aromatic carbocycles. The summed E-state index contributed by atoms with van der Waals surface area (Å²) in [6, 6.07) is 18.2. The number of hydrogen-bond donors (Lipinski definition) is 0. The zero-order valence-electron chi connectivity index (χ0n) is 18.6. The van der Waals surface area contributed by atoms with Crippen molar-refractivity contribution in [2.75, 3.05) is 31.1 Å². The standard InChI is InChI=1S/C26H24FN5O/c1-17-14-22(21-15-20(27)8-9-23(21)28-17)26(33)32-12-10-31(11-13-32)25-16-24(29-18(2)30-25)19-6-4-3-5-7-19/h3-9,14-16H,10-13H2,1-2H3. The van der Waals surface area contributed by atoms with Crippen LogP contribution in [0.1, 0.15) is 21.9 Å². The van der Waals surface area contributed by atoms with E-state index in [-0.39, 0.29) is 11.7 Å². The highest BCUT2D eigenvalue weighted by Crippen LogP contribution is 2.25. The average molecular weight is 442 g/mol. The van der Waals surface area contributed by atoms with Gasteiger partial charge in [0.05, 0.1) is 16.8 Å². The number of benzene rings is 2. The van der Waals surface area contributed by atoms with Crippen LogP contribution in [0.4, 0.5) is 10.2 Å². The van der Waals surface area contributed by atoms with Gasteiger partial charge in [0.2, 0.25) is 0 Å². The van der Waals surface area contributed by atoms with Crippen molar-refractivity contribution < 1.29 is 9.18 Å². The maximum atomic E-state index is 13.9.